The van der Waals surface area contributed by atoms with E-state index in [9.17, 15) is 0 Å². The van der Waals surface area contributed by atoms with E-state index in [1.165, 1.54) is 5.56 Å². The molecule has 17 heavy (non-hydrogen) atoms. The second kappa shape index (κ2) is 3.96. The molecule has 1 saturated carbocycles. The number of nitrogens with zero attached hydrogens (tertiary/aromatic N) is 2. The van der Waals surface area contributed by atoms with Crippen molar-refractivity contribution in [2.75, 3.05) is 0 Å². The summed E-state index contributed by atoms with van der Waals surface area (Å²) in [6.45, 7) is 1.86. The molecule has 1 fully saturated rings. The van der Waals surface area contributed by atoms with Gasteiger partial charge in [0.2, 0.25) is 5.89 Å². The average Bonchev–Trinajstić information content (AvgIpc) is 2.99. The molecule has 2 aromatic rings. The monoisotopic (exact) mass is 229 g/mol. The Morgan fingerprint density at radius 1 is 1.29 bits per heavy atom. The molecule has 88 valence electrons. The van der Waals surface area contributed by atoms with Crippen LogP contribution in [0.3, 0.4) is 0 Å². The van der Waals surface area contributed by atoms with Crippen LogP contribution < -0.4 is 5.73 Å². The fourth-order valence-corrected chi connectivity index (χ4v) is 2.12. The Bertz CT molecular complexity index is 506. The van der Waals surface area contributed by atoms with Gasteiger partial charge in [-0.25, -0.2) is 0 Å². The first-order chi connectivity index (χ1) is 8.25. The van der Waals surface area contributed by atoms with E-state index in [0.717, 1.165) is 12.3 Å². The Morgan fingerprint density at radius 2 is 2.06 bits per heavy atom. The lowest BCUT2D eigenvalue weighted by Crippen LogP contribution is -2.06. The minimum Gasteiger partial charge on any atom is -0.339 e. The number of benzene rings is 1. The van der Waals surface area contributed by atoms with Crippen LogP contribution >= 0.6 is 0 Å². The summed E-state index contributed by atoms with van der Waals surface area (Å²) in [7, 11) is 0. The van der Waals surface area contributed by atoms with Gasteiger partial charge in [0.15, 0.2) is 5.82 Å². The van der Waals surface area contributed by atoms with Crippen LogP contribution in [0.4, 0.5) is 0 Å². The van der Waals surface area contributed by atoms with Crippen molar-refractivity contribution >= 4 is 0 Å². The summed E-state index contributed by atoms with van der Waals surface area (Å²) >= 11 is 0. The fourth-order valence-electron chi connectivity index (χ4n) is 2.12. The van der Waals surface area contributed by atoms with Crippen LogP contribution in [0, 0.1) is 0 Å². The molecule has 1 heterocycles. The van der Waals surface area contributed by atoms with Gasteiger partial charge in [0, 0.05) is 5.92 Å². The van der Waals surface area contributed by atoms with Crippen molar-refractivity contribution in [1.29, 1.82) is 0 Å². The molecular weight excluding hydrogens is 214 g/mol. The quantitative estimate of drug-likeness (QED) is 0.877. The molecule has 0 spiro atoms. The fraction of sp³-hybridized carbons (Fsp3) is 0.385. The molecule has 0 saturated heterocycles. The van der Waals surface area contributed by atoms with Crippen molar-refractivity contribution in [3.8, 4) is 0 Å². The summed E-state index contributed by atoms with van der Waals surface area (Å²) in [6.07, 6.45) is 1.09. The Balaban J connectivity index is 1.76. The van der Waals surface area contributed by atoms with E-state index in [2.05, 4.69) is 34.4 Å². The third-order valence-corrected chi connectivity index (χ3v) is 3.20. The van der Waals surface area contributed by atoms with Gasteiger partial charge in [-0.3, -0.25) is 0 Å². The van der Waals surface area contributed by atoms with Crippen LogP contribution in [-0.4, -0.2) is 10.1 Å². The van der Waals surface area contributed by atoms with Gasteiger partial charge in [-0.05, 0) is 24.8 Å². The number of nitrogens with two attached hydrogens (primary N) is 1. The smallest absolute Gasteiger partial charge is 0.230 e. The molecule has 1 aliphatic rings. The number of rotatable bonds is 3. The summed E-state index contributed by atoms with van der Waals surface area (Å²) in [4.78, 5) is 4.34. The molecule has 3 rings (SSSR count). The minimum atomic E-state index is -0.165. The maximum absolute atomic E-state index is 5.71. The Morgan fingerprint density at radius 3 is 2.71 bits per heavy atom. The van der Waals surface area contributed by atoms with Gasteiger partial charge in [-0.2, -0.15) is 4.98 Å². The van der Waals surface area contributed by atoms with E-state index in [1.807, 2.05) is 13.0 Å². The van der Waals surface area contributed by atoms with Crippen molar-refractivity contribution in [2.24, 2.45) is 5.73 Å². The van der Waals surface area contributed by atoms with E-state index in [4.69, 9.17) is 10.3 Å². The van der Waals surface area contributed by atoms with Gasteiger partial charge >= 0.3 is 0 Å². The molecule has 1 aromatic carbocycles. The summed E-state index contributed by atoms with van der Waals surface area (Å²) in [5, 5.41) is 3.89. The summed E-state index contributed by atoms with van der Waals surface area (Å²) in [5.74, 6) is 2.22. The highest BCUT2D eigenvalue weighted by atomic mass is 16.5. The lowest BCUT2D eigenvalue weighted by Gasteiger charge is -1.96. The summed E-state index contributed by atoms with van der Waals surface area (Å²) < 4.78 is 5.26. The first kappa shape index (κ1) is 10.5. The third-order valence-electron chi connectivity index (χ3n) is 3.20. The molecule has 0 bridgehead atoms. The predicted octanol–water partition coefficient (Wildman–Crippen LogP) is 2.36. The highest BCUT2D eigenvalue weighted by Crippen LogP contribution is 2.53. The standard InChI is InChI=1S/C13H15N3O/c1-8(14)12-15-13(17-16-12)11-7-10(11)9-5-3-2-4-6-9/h2-6,8,10-11H,7,14H2,1H3. The molecule has 3 unspecified atom stereocenters. The van der Waals surface area contributed by atoms with E-state index >= 15 is 0 Å². The van der Waals surface area contributed by atoms with Gasteiger partial charge in [-0.15, -0.1) is 0 Å². The van der Waals surface area contributed by atoms with Crippen molar-refractivity contribution in [3.05, 3.63) is 47.6 Å². The zero-order chi connectivity index (χ0) is 11.8. The van der Waals surface area contributed by atoms with E-state index in [0.29, 0.717) is 17.7 Å². The molecule has 2 N–H and O–H groups in total. The third kappa shape index (κ3) is 1.96. The summed E-state index contributed by atoms with van der Waals surface area (Å²) in [6, 6.07) is 10.3. The van der Waals surface area contributed by atoms with Gasteiger partial charge in [0.1, 0.15) is 0 Å². The maximum Gasteiger partial charge on any atom is 0.230 e. The van der Waals surface area contributed by atoms with Gasteiger partial charge in [0.05, 0.1) is 6.04 Å². The van der Waals surface area contributed by atoms with Crippen LogP contribution in [0.1, 0.15) is 48.5 Å². The molecule has 3 atom stereocenters. The maximum atomic E-state index is 5.71. The van der Waals surface area contributed by atoms with Crippen molar-refractivity contribution in [3.63, 3.8) is 0 Å². The zero-order valence-corrected chi connectivity index (χ0v) is 9.71. The number of hydrogen-bond acceptors (Lipinski definition) is 4. The summed E-state index contributed by atoms with van der Waals surface area (Å²) in [5.41, 5.74) is 7.05. The van der Waals surface area contributed by atoms with Crippen LogP contribution in [0.5, 0.6) is 0 Å². The number of aromatic nitrogens is 2. The van der Waals surface area contributed by atoms with Crippen LogP contribution in [-0.2, 0) is 0 Å². The average molecular weight is 229 g/mol. The molecule has 0 amide bonds. The van der Waals surface area contributed by atoms with Crippen LogP contribution in [0.15, 0.2) is 34.9 Å². The van der Waals surface area contributed by atoms with E-state index < -0.39 is 0 Å². The highest BCUT2D eigenvalue weighted by molar-refractivity contribution is 5.30. The van der Waals surface area contributed by atoms with E-state index in [1.54, 1.807) is 0 Å². The molecule has 0 radical (unpaired) electrons. The largest absolute Gasteiger partial charge is 0.339 e. The normalized spacial score (nSPS) is 24.6. The molecule has 0 aliphatic heterocycles. The van der Waals surface area contributed by atoms with Gasteiger partial charge in [-0.1, -0.05) is 35.5 Å². The SMILES string of the molecule is CC(N)c1noc(C2CC2c2ccccc2)n1. The van der Waals surface area contributed by atoms with Gasteiger partial charge in [0.25, 0.3) is 0 Å². The van der Waals surface area contributed by atoms with Crippen molar-refractivity contribution < 1.29 is 4.52 Å². The Hall–Kier alpha value is -1.68. The highest BCUT2D eigenvalue weighted by Gasteiger charge is 2.43. The zero-order valence-electron chi connectivity index (χ0n) is 9.71. The molecule has 1 aromatic heterocycles. The van der Waals surface area contributed by atoms with Gasteiger partial charge < -0.3 is 10.3 Å². The number of hydrogen-bond donors (Lipinski definition) is 1. The first-order valence-electron chi connectivity index (χ1n) is 5.89. The molecule has 4 nitrogen and oxygen atoms in total. The predicted molar refractivity (Wildman–Crippen MR) is 63.4 cm³/mol. The molecule has 4 heteroatoms. The van der Waals surface area contributed by atoms with Crippen LogP contribution in [0.25, 0.3) is 0 Å². The van der Waals surface area contributed by atoms with E-state index in [-0.39, 0.29) is 6.04 Å². The molecular formula is C13H15N3O. The van der Waals surface area contributed by atoms with Crippen molar-refractivity contribution in [2.45, 2.75) is 31.2 Å². The lowest BCUT2D eigenvalue weighted by atomic mass is 10.1. The van der Waals surface area contributed by atoms with Crippen molar-refractivity contribution in [1.82, 2.24) is 10.1 Å². The minimum absolute atomic E-state index is 0.165. The Kier molecular flexibility index (Phi) is 2.44. The van der Waals surface area contributed by atoms with Crippen LogP contribution in [0.2, 0.25) is 0 Å². The first-order valence-corrected chi connectivity index (χ1v) is 5.89. The second-order valence-electron chi connectivity index (χ2n) is 4.64. The Labute approximate surface area is 99.8 Å². The molecule has 1 aliphatic carbocycles. The topological polar surface area (TPSA) is 64.9 Å². The lowest BCUT2D eigenvalue weighted by molar-refractivity contribution is 0.370. The second-order valence-corrected chi connectivity index (χ2v) is 4.64.